The maximum absolute atomic E-state index is 13.0. The Hall–Kier alpha value is -2.61. The van der Waals surface area contributed by atoms with Crippen LogP contribution in [-0.4, -0.2) is 23.0 Å². The van der Waals surface area contributed by atoms with Crippen LogP contribution in [0.5, 0.6) is 0 Å². The van der Waals surface area contributed by atoms with Crippen LogP contribution in [0.15, 0.2) is 82.2 Å². The van der Waals surface area contributed by atoms with Crippen LogP contribution in [0, 0.1) is 0 Å². The zero-order chi connectivity index (χ0) is 22.0. The average Bonchev–Trinajstić information content (AvgIpc) is 3.04. The molecule has 0 aliphatic carbocycles. The Kier molecular flexibility index (Phi) is 6.46. The first-order valence-electron chi connectivity index (χ1n) is 9.37. The summed E-state index contributed by atoms with van der Waals surface area (Å²) in [7, 11) is 0. The lowest BCUT2D eigenvalue weighted by Gasteiger charge is -2.16. The normalized spacial score (nSPS) is 15.9. The molecule has 1 atom stereocenters. The van der Waals surface area contributed by atoms with Gasteiger partial charge >= 0.3 is 0 Å². The number of nitrogens with one attached hydrogen (secondary N) is 1. The molecule has 0 radical (unpaired) electrons. The van der Waals surface area contributed by atoms with Crippen molar-refractivity contribution in [2.75, 3.05) is 10.2 Å². The molecule has 0 bridgehead atoms. The number of hydrogen-bond donors (Lipinski definition) is 1. The van der Waals surface area contributed by atoms with E-state index in [-0.39, 0.29) is 24.1 Å². The number of amides is 3. The van der Waals surface area contributed by atoms with Gasteiger partial charge in [-0.1, -0.05) is 39.7 Å². The molecule has 1 fully saturated rings. The van der Waals surface area contributed by atoms with E-state index in [0.29, 0.717) is 26.9 Å². The van der Waals surface area contributed by atoms with E-state index >= 15 is 0 Å². The summed E-state index contributed by atoms with van der Waals surface area (Å²) in [6, 6.07) is 20.9. The van der Waals surface area contributed by atoms with Crippen LogP contribution in [0.3, 0.4) is 0 Å². The number of benzene rings is 3. The van der Waals surface area contributed by atoms with Crippen LogP contribution < -0.4 is 10.2 Å². The second-order valence-electron chi connectivity index (χ2n) is 6.81. The van der Waals surface area contributed by atoms with Crippen LogP contribution >= 0.6 is 39.3 Å². The minimum atomic E-state index is -0.597. The van der Waals surface area contributed by atoms with Crippen molar-refractivity contribution >= 4 is 68.4 Å². The van der Waals surface area contributed by atoms with Crippen molar-refractivity contribution < 1.29 is 14.4 Å². The first-order chi connectivity index (χ1) is 14.9. The monoisotopic (exact) mass is 514 g/mol. The highest BCUT2D eigenvalue weighted by Gasteiger charge is 2.40. The summed E-state index contributed by atoms with van der Waals surface area (Å²) >= 11 is 10.5. The van der Waals surface area contributed by atoms with E-state index in [2.05, 4.69) is 21.2 Å². The predicted molar refractivity (Wildman–Crippen MR) is 127 cm³/mol. The summed E-state index contributed by atoms with van der Waals surface area (Å²) in [4.78, 5) is 40.2. The minimum absolute atomic E-state index is 0.0761. The molecule has 0 spiro atoms. The molecule has 1 aliphatic heterocycles. The minimum Gasteiger partial charge on any atom is -0.322 e. The van der Waals surface area contributed by atoms with Crippen molar-refractivity contribution in [2.24, 2.45) is 0 Å². The molecule has 0 aromatic heterocycles. The second-order valence-corrected chi connectivity index (χ2v) is 9.41. The third-order valence-corrected chi connectivity index (χ3v) is 6.74. The SMILES string of the molecule is O=C(Nc1ccc(Cl)cc1)c1ccccc1S[C@@H]1CC(=O)N(c2ccc(Br)cc2)C1=O. The molecule has 156 valence electrons. The molecule has 3 amide bonds. The maximum atomic E-state index is 13.0. The van der Waals surface area contributed by atoms with Gasteiger partial charge in [0.25, 0.3) is 5.91 Å². The fourth-order valence-corrected chi connectivity index (χ4v) is 4.77. The van der Waals surface area contributed by atoms with Gasteiger partial charge in [0.15, 0.2) is 0 Å². The fourth-order valence-electron chi connectivity index (χ4n) is 3.20. The number of nitrogens with zero attached hydrogens (tertiary/aromatic N) is 1. The lowest BCUT2D eigenvalue weighted by molar-refractivity contribution is -0.121. The first kappa shape index (κ1) is 21.6. The number of carbonyl (C=O) groups excluding carboxylic acids is 3. The molecule has 8 heteroatoms. The largest absolute Gasteiger partial charge is 0.322 e. The second kappa shape index (κ2) is 9.26. The van der Waals surface area contributed by atoms with Crippen LogP contribution in [-0.2, 0) is 9.59 Å². The van der Waals surface area contributed by atoms with Gasteiger partial charge in [-0.05, 0) is 60.7 Å². The topological polar surface area (TPSA) is 66.5 Å². The van der Waals surface area contributed by atoms with E-state index in [1.165, 1.54) is 16.7 Å². The van der Waals surface area contributed by atoms with Gasteiger partial charge in [0.2, 0.25) is 11.8 Å². The van der Waals surface area contributed by atoms with E-state index in [4.69, 9.17) is 11.6 Å². The van der Waals surface area contributed by atoms with E-state index in [1.54, 1.807) is 72.8 Å². The Balaban J connectivity index is 1.53. The number of thioether (sulfide) groups is 1. The molecule has 3 aromatic rings. The van der Waals surface area contributed by atoms with Crippen LogP contribution in [0.1, 0.15) is 16.8 Å². The van der Waals surface area contributed by atoms with Crippen LogP contribution in [0.4, 0.5) is 11.4 Å². The molecule has 1 heterocycles. The summed E-state index contributed by atoms with van der Waals surface area (Å²) in [5, 5.41) is 2.81. The molecule has 0 unspecified atom stereocenters. The van der Waals surface area contributed by atoms with Gasteiger partial charge < -0.3 is 5.32 Å². The number of rotatable bonds is 5. The Morgan fingerprint density at radius 3 is 2.39 bits per heavy atom. The first-order valence-corrected chi connectivity index (χ1v) is 11.4. The van der Waals surface area contributed by atoms with Crippen molar-refractivity contribution in [3.05, 3.63) is 87.9 Å². The molecule has 0 saturated carbocycles. The predicted octanol–water partition coefficient (Wildman–Crippen LogP) is 5.78. The fraction of sp³-hybridized carbons (Fsp3) is 0.0870. The zero-order valence-electron chi connectivity index (χ0n) is 16.0. The molecule has 1 saturated heterocycles. The van der Waals surface area contributed by atoms with Gasteiger partial charge in [-0.15, -0.1) is 11.8 Å². The summed E-state index contributed by atoms with van der Waals surface area (Å²) in [5.74, 6) is -0.842. The Morgan fingerprint density at radius 2 is 1.68 bits per heavy atom. The summed E-state index contributed by atoms with van der Waals surface area (Å²) in [6.45, 7) is 0. The average molecular weight is 516 g/mol. The number of anilines is 2. The third kappa shape index (κ3) is 4.84. The van der Waals surface area contributed by atoms with Gasteiger partial charge in [0.05, 0.1) is 16.5 Å². The smallest absolute Gasteiger partial charge is 0.256 e. The summed E-state index contributed by atoms with van der Waals surface area (Å²) in [5.41, 5.74) is 1.59. The van der Waals surface area contributed by atoms with Gasteiger partial charge in [-0.2, -0.15) is 0 Å². The third-order valence-electron chi connectivity index (χ3n) is 4.69. The molecular formula is C23H16BrClN2O3S. The van der Waals surface area contributed by atoms with E-state index in [9.17, 15) is 14.4 Å². The standard InChI is InChI=1S/C23H16BrClN2O3S/c24-14-5-11-17(12-6-14)27-21(28)13-20(23(27)30)31-19-4-2-1-3-18(19)22(29)26-16-9-7-15(25)8-10-16/h1-12,20H,13H2,(H,26,29)/t20-/m1/s1. The lowest BCUT2D eigenvalue weighted by atomic mass is 10.2. The molecule has 1 N–H and O–H groups in total. The number of carbonyl (C=O) groups is 3. The zero-order valence-corrected chi connectivity index (χ0v) is 19.2. The van der Waals surface area contributed by atoms with E-state index < -0.39 is 5.25 Å². The Labute approximate surface area is 196 Å². The molecule has 5 nitrogen and oxygen atoms in total. The number of halogens is 2. The molecule has 31 heavy (non-hydrogen) atoms. The lowest BCUT2D eigenvalue weighted by Crippen LogP contribution is -2.31. The Bertz CT molecular complexity index is 1150. The van der Waals surface area contributed by atoms with Gasteiger partial charge in [-0.3, -0.25) is 14.4 Å². The van der Waals surface area contributed by atoms with Crippen LogP contribution in [0.25, 0.3) is 0 Å². The van der Waals surface area contributed by atoms with Crippen molar-refractivity contribution in [3.8, 4) is 0 Å². The summed E-state index contributed by atoms with van der Waals surface area (Å²) < 4.78 is 0.863. The highest BCUT2D eigenvalue weighted by atomic mass is 79.9. The van der Waals surface area contributed by atoms with Gasteiger partial charge in [-0.25, -0.2) is 4.90 Å². The number of imide groups is 1. The highest BCUT2D eigenvalue weighted by molar-refractivity contribution is 9.10. The van der Waals surface area contributed by atoms with Crippen molar-refractivity contribution in [3.63, 3.8) is 0 Å². The molecule has 4 rings (SSSR count). The van der Waals surface area contributed by atoms with Gasteiger partial charge in [0.1, 0.15) is 0 Å². The van der Waals surface area contributed by atoms with E-state index in [0.717, 1.165) is 4.47 Å². The highest BCUT2D eigenvalue weighted by Crippen LogP contribution is 2.36. The van der Waals surface area contributed by atoms with E-state index in [1.807, 2.05) is 0 Å². The molecule has 3 aromatic carbocycles. The van der Waals surface area contributed by atoms with Crippen molar-refractivity contribution in [1.82, 2.24) is 0 Å². The maximum Gasteiger partial charge on any atom is 0.256 e. The Morgan fingerprint density at radius 1 is 1.00 bits per heavy atom. The van der Waals surface area contributed by atoms with Crippen LogP contribution in [0.2, 0.25) is 5.02 Å². The molecular weight excluding hydrogens is 500 g/mol. The quantitative estimate of drug-likeness (QED) is 0.438. The van der Waals surface area contributed by atoms with Crippen molar-refractivity contribution in [1.29, 1.82) is 0 Å². The van der Waals surface area contributed by atoms with Gasteiger partial charge in [0, 0.05) is 26.5 Å². The number of hydrogen-bond acceptors (Lipinski definition) is 4. The molecule has 1 aliphatic rings. The van der Waals surface area contributed by atoms with Crippen molar-refractivity contribution in [2.45, 2.75) is 16.6 Å². The summed E-state index contributed by atoms with van der Waals surface area (Å²) in [6.07, 6.45) is 0.0761.